The highest BCUT2D eigenvalue weighted by molar-refractivity contribution is 5.82. The molecule has 0 unspecified atom stereocenters. The van der Waals surface area contributed by atoms with Crippen LogP contribution in [-0.4, -0.2) is 37.5 Å². The molecule has 0 aromatic heterocycles. The second-order valence-electron chi connectivity index (χ2n) is 8.88. The molecule has 0 aliphatic rings. The molecule has 0 fully saturated rings. The lowest BCUT2D eigenvalue weighted by atomic mass is 10.1. The van der Waals surface area contributed by atoms with Gasteiger partial charge in [-0.15, -0.1) is 0 Å². The number of carbonyl (C=O) groups excluding carboxylic acids is 1. The molecule has 0 spiro atoms. The predicted molar refractivity (Wildman–Crippen MR) is 157 cm³/mol. The van der Waals surface area contributed by atoms with E-state index in [1.807, 2.05) is 66.8 Å². The van der Waals surface area contributed by atoms with Crippen LogP contribution < -0.4 is 4.74 Å². The Morgan fingerprint density at radius 1 is 0.789 bits per heavy atom. The van der Waals surface area contributed by atoms with Crippen LogP contribution in [-0.2, 0) is 20.9 Å². The average molecular weight is 523 g/mol. The number of carbonyl (C=O) groups is 1. The fourth-order valence-corrected chi connectivity index (χ4v) is 3.35. The quantitative estimate of drug-likeness (QED) is 0.0780. The predicted octanol–water partition coefficient (Wildman–Crippen LogP) is 7.59. The highest BCUT2D eigenvalue weighted by Crippen LogP contribution is 2.12. The van der Waals surface area contributed by atoms with Gasteiger partial charge in [-0.05, 0) is 30.5 Å². The van der Waals surface area contributed by atoms with Crippen molar-refractivity contribution >= 4 is 5.97 Å². The van der Waals surface area contributed by atoms with Crippen LogP contribution in [0.15, 0.2) is 97.2 Å². The van der Waals surface area contributed by atoms with E-state index >= 15 is 0 Å². The number of ether oxygens (including phenoxy) is 3. The molecule has 1 atom stereocenters. The number of hydrogen-bond acceptors (Lipinski definition) is 5. The molecule has 0 aliphatic heterocycles. The number of methoxy groups -OCH3 is 1. The summed E-state index contributed by atoms with van der Waals surface area (Å²) < 4.78 is 15.6. The lowest BCUT2D eigenvalue weighted by Crippen LogP contribution is -2.23. The van der Waals surface area contributed by atoms with Crippen molar-refractivity contribution in [2.45, 2.75) is 71.0 Å². The maximum atomic E-state index is 11.7. The van der Waals surface area contributed by atoms with E-state index in [4.69, 9.17) is 14.2 Å². The summed E-state index contributed by atoms with van der Waals surface area (Å²) in [6, 6.07) is 7.48. The van der Waals surface area contributed by atoms with Gasteiger partial charge in [0.2, 0.25) is 0 Å². The van der Waals surface area contributed by atoms with Gasteiger partial charge in [-0.3, -0.25) is 0 Å². The second-order valence-corrected chi connectivity index (χ2v) is 8.88. The van der Waals surface area contributed by atoms with Crippen LogP contribution in [0.5, 0.6) is 5.75 Å². The zero-order chi connectivity index (χ0) is 27.5. The van der Waals surface area contributed by atoms with Crippen LogP contribution in [0.3, 0.4) is 0 Å². The Kier molecular flexibility index (Phi) is 20.9. The zero-order valence-electron chi connectivity index (χ0n) is 23.2. The molecule has 0 bridgehead atoms. The summed E-state index contributed by atoms with van der Waals surface area (Å²) in [6.45, 7) is 2.56. The summed E-state index contributed by atoms with van der Waals surface area (Å²) in [5.74, 6) is 0.259. The molecular weight excluding hydrogens is 476 g/mol. The third-order valence-electron chi connectivity index (χ3n) is 5.50. The number of esters is 1. The van der Waals surface area contributed by atoms with Crippen LogP contribution >= 0.6 is 0 Å². The van der Waals surface area contributed by atoms with Crippen LogP contribution in [0.2, 0.25) is 0 Å². The number of hydrogen-bond donors (Lipinski definition) is 1. The van der Waals surface area contributed by atoms with E-state index < -0.39 is 12.1 Å². The lowest BCUT2D eigenvalue weighted by molar-refractivity contribution is -0.142. The van der Waals surface area contributed by atoms with Gasteiger partial charge in [0.15, 0.2) is 0 Å². The van der Waals surface area contributed by atoms with Crippen LogP contribution in [0.1, 0.15) is 63.9 Å². The van der Waals surface area contributed by atoms with Gasteiger partial charge >= 0.3 is 5.97 Å². The Labute approximate surface area is 229 Å². The van der Waals surface area contributed by atoms with E-state index in [-0.39, 0.29) is 13.2 Å². The van der Waals surface area contributed by atoms with Crippen LogP contribution in [0.4, 0.5) is 0 Å². The van der Waals surface area contributed by atoms with Gasteiger partial charge in [-0.1, -0.05) is 124 Å². The Hall–Kier alpha value is -3.15. The standard InChI is InChI=1S/C33H46O5/c1-3-4-5-6-7-8-9-10-11-12-13-14-15-16-17-18-19-20-21-22-33(35)38-29-31(34)28-37-27-30-23-25-32(36-2)26-24-30/h11-26,31,34H,3-10,27-29H2,1-2H3/t31-/m0/s1. The smallest absolute Gasteiger partial charge is 0.330 e. The van der Waals surface area contributed by atoms with Gasteiger partial charge in [0.1, 0.15) is 18.5 Å². The molecule has 1 N–H and O–H groups in total. The summed E-state index contributed by atoms with van der Waals surface area (Å²) in [5, 5.41) is 9.91. The second kappa shape index (κ2) is 24.2. The van der Waals surface area contributed by atoms with E-state index in [9.17, 15) is 9.90 Å². The van der Waals surface area contributed by atoms with Crippen molar-refractivity contribution in [3.8, 4) is 5.75 Å². The first-order valence-electron chi connectivity index (χ1n) is 13.7. The highest BCUT2D eigenvalue weighted by atomic mass is 16.5. The van der Waals surface area contributed by atoms with Crippen molar-refractivity contribution in [3.63, 3.8) is 0 Å². The first-order chi connectivity index (χ1) is 18.7. The van der Waals surface area contributed by atoms with Crippen molar-refractivity contribution in [2.24, 2.45) is 0 Å². The normalized spacial score (nSPS) is 13.2. The van der Waals surface area contributed by atoms with Crippen molar-refractivity contribution < 1.29 is 24.1 Å². The zero-order valence-corrected chi connectivity index (χ0v) is 23.2. The Balaban J connectivity index is 2.06. The SMILES string of the molecule is CCCCCCCCCC=CC=CC=CC=CC=CC=CC(=O)OC[C@@H](O)COCc1ccc(OC)cc1. The molecule has 5 heteroatoms. The van der Waals surface area contributed by atoms with E-state index in [0.717, 1.165) is 17.7 Å². The monoisotopic (exact) mass is 522 g/mol. The molecule has 0 radical (unpaired) electrons. The van der Waals surface area contributed by atoms with E-state index in [1.165, 1.54) is 51.0 Å². The Bertz CT molecular complexity index is 890. The summed E-state index contributed by atoms with van der Waals surface area (Å²) in [5.41, 5.74) is 0.965. The Morgan fingerprint density at radius 3 is 2.00 bits per heavy atom. The Morgan fingerprint density at radius 2 is 1.37 bits per heavy atom. The fourth-order valence-electron chi connectivity index (χ4n) is 3.35. The van der Waals surface area contributed by atoms with Gasteiger partial charge in [0, 0.05) is 6.08 Å². The molecule has 1 aromatic rings. The van der Waals surface area contributed by atoms with Gasteiger partial charge in [-0.2, -0.15) is 0 Å². The molecule has 0 saturated carbocycles. The van der Waals surface area contributed by atoms with Crippen molar-refractivity contribution in [1.29, 1.82) is 0 Å². The number of rotatable bonds is 21. The molecule has 1 aromatic carbocycles. The molecule has 1 rings (SSSR count). The maximum Gasteiger partial charge on any atom is 0.330 e. The maximum absolute atomic E-state index is 11.7. The summed E-state index contributed by atoms with van der Waals surface area (Å²) in [6.07, 6.45) is 32.2. The lowest BCUT2D eigenvalue weighted by Gasteiger charge is -2.11. The summed E-state index contributed by atoms with van der Waals surface area (Å²) in [7, 11) is 1.61. The summed E-state index contributed by atoms with van der Waals surface area (Å²) in [4.78, 5) is 11.7. The first-order valence-corrected chi connectivity index (χ1v) is 13.7. The fraction of sp³-hybridized carbons (Fsp3) is 0.424. The molecule has 0 saturated heterocycles. The van der Waals surface area contributed by atoms with E-state index in [0.29, 0.717) is 6.61 Å². The van der Waals surface area contributed by atoms with Crippen molar-refractivity contribution in [1.82, 2.24) is 0 Å². The number of aliphatic hydroxyl groups is 1. The summed E-state index contributed by atoms with van der Waals surface area (Å²) >= 11 is 0. The highest BCUT2D eigenvalue weighted by Gasteiger charge is 2.07. The van der Waals surface area contributed by atoms with Crippen LogP contribution in [0, 0.1) is 0 Å². The number of allylic oxidation sites excluding steroid dienone is 11. The molecule has 0 heterocycles. The van der Waals surface area contributed by atoms with Gasteiger partial charge < -0.3 is 19.3 Å². The largest absolute Gasteiger partial charge is 0.497 e. The van der Waals surface area contributed by atoms with Crippen molar-refractivity contribution in [3.05, 3.63) is 103 Å². The molecule has 5 nitrogen and oxygen atoms in total. The number of aliphatic hydroxyl groups excluding tert-OH is 1. The minimum absolute atomic E-state index is 0.0754. The molecule has 38 heavy (non-hydrogen) atoms. The molecule has 0 amide bonds. The topological polar surface area (TPSA) is 65.0 Å². The average Bonchev–Trinajstić information content (AvgIpc) is 2.93. The van der Waals surface area contributed by atoms with E-state index in [1.54, 1.807) is 19.3 Å². The van der Waals surface area contributed by atoms with E-state index in [2.05, 4.69) is 19.1 Å². The van der Waals surface area contributed by atoms with Gasteiger partial charge in [0.05, 0.1) is 20.3 Å². The number of benzene rings is 1. The third-order valence-corrected chi connectivity index (χ3v) is 5.50. The molecule has 208 valence electrons. The van der Waals surface area contributed by atoms with Crippen LogP contribution in [0.25, 0.3) is 0 Å². The molecular formula is C33H46O5. The minimum atomic E-state index is -0.884. The minimum Gasteiger partial charge on any atom is -0.497 e. The van der Waals surface area contributed by atoms with Crippen molar-refractivity contribution in [2.75, 3.05) is 20.3 Å². The molecule has 0 aliphatic carbocycles. The third kappa shape index (κ3) is 20.0. The number of unbranched alkanes of at least 4 members (excludes halogenated alkanes) is 7. The first kappa shape index (κ1) is 32.9. The van der Waals surface area contributed by atoms with Gasteiger partial charge in [0.25, 0.3) is 0 Å². The van der Waals surface area contributed by atoms with Gasteiger partial charge in [-0.25, -0.2) is 4.79 Å².